The van der Waals surface area contributed by atoms with Gasteiger partial charge in [0.1, 0.15) is 12.8 Å². The van der Waals surface area contributed by atoms with Gasteiger partial charge in [-0.25, -0.2) is 4.79 Å². The quantitative estimate of drug-likeness (QED) is 0.374. The molecule has 1 saturated heterocycles. The molecule has 0 aliphatic carbocycles. The van der Waals surface area contributed by atoms with E-state index in [9.17, 15) is 9.59 Å². The van der Waals surface area contributed by atoms with Crippen molar-refractivity contribution in [2.75, 3.05) is 20.7 Å². The maximum atomic E-state index is 10.7. The number of esters is 1. The fourth-order valence-corrected chi connectivity index (χ4v) is 0.750. The van der Waals surface area contributed by atoms with Crippen LogP contribution in [-0.2, 0) is 14.3 Å². The van der Waals surface area contributed by atoms with Crippen LogP contribution in [0.25, 0.3) is 0 Å². The summed E-state index contributed by atoms with van der Waals surface area (Å²) < 4.78 is 4.57. The molecule has 1 aliphatic rings. The molecule has 1 N–H and O–H groups in total. The summed E-state index contributed by atoms with van der Waals surface area (Å²) >= 11 is 0. The van der Waals surface area contributed by atoms with Crippen LogP contribution in [0.3, 0.4) is 0 Å². The van der Waals surface area contributed by atoms with E-state index in [0.29, 0.717) is 0 Å². The number of hydrogen-bond acceptors (Lipinski definition) is 4. The van der Waals surface area contributed by atoms with Gasteiger partial charge in [0, 0.05) is 0 Å². The molecule has 0 aromatic carbocycles. The Balaban J connectivity index is 2.53. The number of nitrogens with zero attached hydrogens (tertiary/aromatic N) is 1. The summed E-state index contributed by atoms with van der Waals surface area (Å²) in [5.41, 5.74) is 0. The maximum Gasteiger partial charge on any atom is 0.396 e. The zero-order chi connectivity index (χ0) is 8.43. The molecule has 1 aliphatic heterocycles. The highest BCUT2D eigenvalue weighted by atomic mass is 16.5. The van der Waals surface area contributed by atoms with Crippen LogP contribution in [-0.4, -0.2) is 43.6 Å². The van der Waals surface area contributed by atoms with Gasteiger partial charge >= 0.3 is 11.9 Å². The van der Waals surface area contributed by atoms with Crippen LogP contribution in [0.5, 0.6) is 0 Å². The predicted octanol–water partition coefficient (Wildman–Crippen LogP) is -1.45. The third kappa shape index (κ3) is 1.68. The van der Waals surface area contributed by atoms with E-state index < -0.39 is 11.9 Å². The Kier molecular flexibility index (Phi) is 2.09. The first-order valence-electron chi connectivity index (χ1n) is 3.25. The molecule has 11 heavy (non-hydrogen) atoms. The van der Waals surface area contributed by atoms with Gasteiger partial charge in [-0.05, 0) is 14.1 Å². The van der Waals surface area contributed by atoms with Crippen molar-refractivity contribution in [3.8, 4) is 0 Å². The highest BCUT2D eigenvalue weighted by molar-refractivity contribution is 6.32. The maximum absolute atomic E-state index is 10.7. The number of hydrogen-bond donors (Lipinski definition) is 1. The summed E-state index contributed by atoms with van der Waals surface area (Å²) in [5.74, 6) is -1.47. The minimum absolute atomic E-state index is 0.194. The van der Waals surface area contributed by atoms with Crippen molar-refractivity contribution in [3.63, 3.8) is 0 Å². The number of amides is 1. The molecule has 5 heteroatoms. The number of carbonyl (C=O) groups is 2. The second kappa shape index (κ2) is 2.87. The molecule has 1 atom stereocenters. The number of likely N-dealkylation sites (N-methyl/N-ethyl adjacent to an activating group) is 1. The Morgan fingerprint density at radius 2 is 2.18 bits per heavy atom. The second-order valence-electron chi connectivity index (χ2n) is 2.55. The molecular formula is C6H10N2O3. The normalized spacial score (nSPS) is 24.8. The molecule has 0 saturated carbocycles. The van der Waals surface area contributed by atoms with Gasteiger partial charge in [-0.15, -0.1) is 0 Å². The van der Waals surface area contributed by atoms with E-state index >= 15 is 0 Å². The minimum Gasteiger partial charge on any atom is -0.455 e. The van der Waals surface area contributed by atoms with Crippen LogP contribution < -0.4 is 5.32 Å². The highest BCUT2D eigenvalue weighted by Crippen LogP contribution is 1.97. The lowest BCUT2D eigenvalue weighted by atomic mass is 10.4. The van der Waals surface area contributed by atoms with Crippen molar-refractivity contribution in [1.82, 2.24) is 10.2 Å². The van der Waals surface area contributed by atoms with Crippen LogP contribution in [0.1, 0.15) is 0 Å². The number of rotatable bonds is 1. The average molecular weight is 158 g/mol. The second-order valence-corrected chi connectivity index (χ2v) is 2.55. The van der Waals surface area contributed by atoms with Gasteiger partial charge in [0.25, 0.3) is 0 Å². The monoisotopic (exact) mass is 158 g/mol. The SMILES string of the molecule is CN(C)C1COC(=O)C(=O)N1. The van der Waals surface area contributed by atoms with Gasteiger partial charge in [0.05, 0.1) is 0 Å². The molecule has 5 nitrogen and oxygen atoms in total. The van der Waals surface area contributed by atoms with Gasteiger partial charge < -0.3 is 10.1 Å². The number of ether oxygens (including phenoxy) is 1. The third-order valence-corrected chi connectivity index (χ3v) is 1.48. The summed E-state index contributed by atoms with van der Waals surface area (Å²) in [5, 5.41) is 2.48. The molecule has 1 amide bonds. The van der Waals surface area contributed by atoms with E-state index in [1.807, 2.05) is 0 Å². The van der Waals surface area contributed by atoms with Crippen LogP contribution in [0.15, 0.2) is 0 Å². The third-order valence-electron chi connectivity index (χ3n) is 1.48. The molecule has 0 bridgehead atoms. The summed E-state index contributed by atoms with van der Waals surface area (Å²) in [4.78, 5) is 23.0. The summed E-state index contributed by atoms with van der Waals surface area (Å²) in [6.45, 7) is 0.220. The highest BCUT2D eigenvalue weighted by Gasteiger charge is 2.27. The standard InChI is InChI=1S/C6H10N2O3/c1-8(2)4-3-11-6(10)5(9)7-4/h4H,3H2,1-2H3,(H,7,9). The predicted molar refractivity (Wildman–Crippen MR) is 36.6 cm³/mol. The van der Waals surface area contributed by atoms with E-state index in [4.69, 9.17) is 0 Å². The average Bonchev–Trinajstić information content (AvgIpc) is 1.94. The van der Waals surface area contributed by atoms with Crippen LogP contribution in [0, 0.1) is 0 Å². The Labute approximate surface area is 64.3 Å². The van der Waals surface area contributed by atoms with Gasteiger partial charge in [-0.1, -0.05) is 0 Å². The first-order chi connectivity index (χ1) is 5.11. The molecule has 1 unspecified atom stereocenters. The molecule has 0 spiro atoms. The molecule has 0 aromatic rings. The molecule has 62 valence electrons. The smallest absolute Gasteiger partial charge is 0.396 e. The van der Waals surface area contributed by atoms with E-state index in [-0.39, 0.29) is 12.8 Å². The van der Waals surface area contributed by atoms with E-state index in [2.05, 4.69) is 10.1 Å². The lowest BCUT2D eigenvalue weighted by molar-refractivity contribution is -0.162. The van der Waals surface area contributed by atoms with Crippen molar-refractivity contribution in [1.29, 1.82) is 0 Å². The molecule has 0 radical (unpaired) electrons. The summed E-state index contributed by atoms with van der Waals surface area (Å²) in [6.07, 6.45) is -0.194. The molecule has 0 aromatic heterocycles. The molecule has 1 fully saturated rings. The fourth-order valence-electron chi connectivity index (χ4n) is 0.750. The van der Waals surface area contributed by atoms with Gasteiger partial charge in [0.2, 0.25) is 0 Å². The van der Waals surface area contributed by atoms with Gasteiger partial charge in [0.15, 0.2) is 0 Å². The Hall–Kier alpha value is -1.10. The summed E-state index contributed by atoms with van der Waals surface area (Å²) in [6, 6.07) is 0. The van der Waals surface area contributed by atoms with E-state index in [0.717, 1.165) is 0 Å². The zero-order valence-electron chi connectivity index (χ0n) is 6.46. The van der Waals surface area contributed by atoms with E-state index in [1.165, 1.54) is 0 Å². The lowest BCUT2D eigenvalue weighted by Gasteiger charge is -2.27. The number of morpholine rings is 1. The van der Waals surface area contributed by atoms with Crippen molar-refractivity contribution in [3.05, 3.63) is 0 Å². The topological polar surface area (TPSA) is 58.6 Å². The fraction of sp³-hybridized carbons (Fsp3) is 0.667. The first kappa shape index (κ1) is 8.00. The minimum atomic E-state index is -0.803. The Bertz CT molecular complexity index is 190. The Morgan fingerprint density at radius 3 is 2.64 bits per heavy atom. The molecular weight excluding hydrogens is 148 g/mol. The van der Waals surface area contributed by atoms with Crippen molar-refractivity contribution < 1.29 is 14.3 Å². The number of carbonyl (C=O) groups excluding carboxylic acids is 2. The number of nitrogens with one attached hydrogen (secondary N) is 1. The van der Waals surface area contributed by atoms with Crippen LogP contribution in [0.2, 0.25) is 0 Å². The molecule has 1 heterocycles. The van der Waals surface area contributed by atoms with Crippen LogP contribution in [0.4, 0.5) is 0 Å². The van der Waals surface area contributed by atoms with E-state index in [1.54, 1.807) is 19.0 Å². The van der Waals surface area contributed by atoms with Gasteiger partial charge in [-0.2, -0.15) is 0 Å². The van der Waals surface area contributed by atoms with Crippen molar-refractivity contribution in [2.24, 2.45) is 0 Å². The largest absolute Gasteiger partial charge is 0.455 e. The number of cyclic esters (lactones) is 1. The molecule has 1 rings (SSSR count). The van der Waals surface area contributed by atoms with Crippen molar-refractivity contribution >= 4 is 11.9 Å². The summed E-state index contributed by atoms with van der Waals surface area (Å²) in [7, 11) is 3.59. The Morgan fingerprint density at radius 1 is 1.55 bits per heavy atom. The van der Waals surface area contributed by atoms with Crippen LogP contribution >= 0.6 is 0 Å². The zero-order valence-corrected chi connectivity index (χ0v) is 6.46. The van der Waals surface area contributed by atoms with Gasteiger partial charge in [-0.3, -0.25) is 9.69 Å². The van der Waals surface area contributed by atoms with Crippen molar-refractivity contribution in [2.45, 2.75) is 6.17 Å². The first-order valence-corrected chi connectivity index (χ1v) is 3.25. The lowest BCUT2D eigenvalue weighted by Crippen LogP contribution is -2.54.